The number of carbonyl (C=O) groups excluding carboxylic acids is 1. The minimum absolute atomic E-state index is 0.0452. The molecule has 3 aliphatic heterocycles. The molecule has 0 saturated carbocycles. The average molecular weight is 671 g/mol. The maximum Gasteiger partial charge on any atom is 0.196 e. The number of allylic oxidation sites excluding steroid dienone is 2. The number of Topliss-reactive ketones (excluding diaryl/α,β-unsaturated/α-hetero) is 1. The number of hydrogen-bond donors (Lipinski definition) is 1. The lowest BCUT2D eigenvalue weighted by Gasteiger charge is -2.37. The first-order chi connectivity index (χ1) is 23.4. The molecular formula is C39H42O10. The molecule has 0 radical (unpaired) electrons. The van der Waals surface area contributed by atoms with E-state index >= 15 is 0 Å². The molecule has 4 heterocycles. The largest absolute Gasteiger partial charge is 0.507 e. The van der Waals surface area contributed by atoms with Crippen molar-refractivity contribution >= 4 is 16.8 Å². The van der Waals surface area contributed by atoms with Gasteiger partial charge in [-0.05, 0) is 51.3 Å². The van der Waals surface area contributed by atoms with E-state index in [9.17, 15) is 14.7 Å². The molecule has 0 bridgehead atoms. The molecule has 4 aromatic rings. The van der Waals surface area contributed by atoms with Gasteiger partial charge in [-0.3, -0.25) is 9.59 Å². The summed E-state index contributed by atoms with van der Waals surface area (Å²) in [5.74, 6) is 4.14. The van der Waals surface area contributed by atoms with Gasteiger partial charge in [-0.2, -0.15) is 0 Å². The van der Waals surface area contributed by atoms with Crippen LogP contribution in [0.5, 0.6) is 40.2 Å². The summed E-state index contributed by atoms with van der Waals surface area (Å²) in [6.07, 6.45) is 3.08. The lowest BCUT2D eigenvalue weighted by Crippen LogP contribution is -2.43. The molecule has 3 aliphatic rings. The van der Waals surface area contributed by atoms with Crippen molar-refractivity contribution in [1.29, 1.82) is 0 Å². The Balaban J connectivity index is 0.000000183. The SMILES string of the molecule is COc1cc(O)c2c(=O)cc(C)oc2c1CC=C(C)C.COc1cc2c(cc1OC)C1C(=O)c3ccc4c(c3OC1CO2)CC(C(C)C)O4. The van der Waals surface area contributed by atoms with Crippen LogP contribution in [-0.2, 0) is 12.8 Å². The Kier molecular flexibility index (Phi) is 9.24. The topological polar surface area (TPSA) is 123 Å². The minimum atomic E-state index is -0.438. The summed E-state index contributed by atoms with van der Waals surface area (Å²) in [5, 5.41) is 10.2. The summed E-state index contributed by atoms with van der Waals surface area (Å²) < 4.78 is 40.1. The van der Waals surface area contributed by atoms with Gasteiger partial charge in [0.2, 0.25) is 0 Å². The van der Waals surface area contributed by atoms with Crippen LogP contribution in [0, 0.1) is 12.8 Å². The van der Waals surface area contributed by atoms with Crippen molar-refractivity contribution in [3.8, 4) is 40.2 Å². The minimum Gasteiger partial charge on any atom is -0.507 e. The summed E-state index contributed by atoms with van der Waals surface area (Å²) in [4.78, 5) is 25.6. The van der Waals surface area contributed by atoms with Crippen LogP contribution in [0.3, 0.4) is 0 Å². The van der Waals surface area contributed by atoms with Crippen LogP contribution < -0.4 is 33.8 Å². The molecule has 3 unspecified atom stereocenters. The molecule has 3 aromatic carbocycles. The third kappa shape index (κ3) is 6.16. The fourth-order valence-corrected chi connectivity index (χ4v) is 6.61. The lowest BCUT2D eigenvalue weighted by molar-refractivity contribution is 0.0554. The lowest BCUT2D eigenvalue weighted by atomic mass is 9.81. The normalized spacial score (nSPS) is 18.4. The van der Waals surface area contributed by atoms with Crippen molar-refractivity contribution in [3.05, 3.63) is 86.3 Å². The van der Waals surface area contributed by atoms with Crippen LogP contribution in [0.15, 0.2) is 57.3 Å². The van der Waals surface area contributed by atoms with E-state index in [4.69, 9.17) is 32.8 Å². The number of benzene rings is 3. The maximum atomic E-state index is 13.5. The van der Waals surface area contributed by atoms with Crippen LogP contribution in [0.2, 0.25) is 0 Å². The van der Waals surface area contributed by atoms with Crippen LogP contribution in [0.25, 0.3) is 11.0 Å². The van der Waals surface area contributed by atoms with Crippen LogP contribution in [0.4, 0.5) is 0 Å². The zero-order valence-corrected chi connectivity index (χ0v) is 29.1. The number of aromatic hydroxyl groups is 1. The molecular weight excluding hydrogens is 628 g/mol. The molecule has 3 atom stereocenters. The number of carbonyl (C=O) groups is 1. The van der Waals surface area contributed by atoms with Crippen molar-refractivity contribution in [3.63, 3.8) is 0 Å². The summed E-state index contributed by atoms with van der Waals surface area (Å²) in [5.41, 5.74) is 4.44. The number of phenols is 1. The molecule has 10 nitrogen and oxygen atoms in total. The molecule has 0 saturated heterocycles. The predicted octanol–water partition coefficient (Wildman–Crippen LogP) is 7.11. The van der Waals surface area contributed by atoms with E-state index in [1.54, 1.807) is 27.2 Å². The Morgan fingerprint density at radius 3 is 2.35 bits per heavy atom. The van der Waals surface area contributed by atoms with E-state index in [0.29, 0.717) is 64.6 Å². The highest BCUT2D eigenvalue weighted by Gasteiger charge is 2.45. The first-order valence-corrected chi connectivity index (χ1v) is 16.3. The van der Waals surface area contributed by atoms with Crippen molar-refractivity contribution < 1.29 is 42.7 Å². The predicted molar refractivity (Wildman–Crippen MR) is 185 cm³/mol. The van der Waals surface area contributed by atoms with Gasteiger partial charge >= 0.3 is 0 Å². The molecule has 7 rings (SSSR count). The standard InChI is InChI=1S/C23H24O6.C16H18O4/c1-11(2)16-8-14-15(28-16)6-5-12-22(24)21-13-7-18(25-3)19(26-4)9-17(13)27-10-20(21)29-23(12)14;1-9(2)5-6-11-14(19-4)8-13(18)15-12(17)7-10(3)20-16(11)15/h5-7,9,11,16,20-21H,8,10H2,1-4H3;5,7-8,18H,6H2,1-4H3. The molecule has 10 heteroatoms. The molecule has 0 spiro atoms. The number of aryl methyl sites for hydroxylation is 1. The van der Waals surface area contributed by atoms with Crippen molar-refractivity contribution in [1.82, 2.24) is 0 Å². The Labute approximate surface area is 285 Å². The van der Waals surface area contributed by atoms with E-state index < -0.39 is 5.92 Å². The molecule has 1 N–H and O–H groups in total. The van der Waals surface area contributed by atoms with Crippen LogP contribution >= 0.6 is 0 Å². The van der Waals surface area contributed by atoms with Gasteiger partial charge in [0.25, 0.3) is 0 Å². The summed E-state index contributed by atoms with van der Waals surface area (Å²) in [7, 11) is 4.68. The third-order valence-corrected chi connectivity index (χ3v) is 9.19. The molecule has 49 heavy (non-hydrogen) atoms. The average Bonchev–Trinajstić information content (AvgIpc) is 3.52. The highest BCUT2D eigenvalue weighted by atomic mass is 16.5. The summed E-state index contributed by atoms with van der Waals surface area (Å²) >= 11 is 0. The molecule has 0 amide bonds. The first-order valence-electron chi connectivity index (χ1n) is 16.3. The smallest absolute Gasteiger partial charge is 0.196 e. The highest BCUT2D eigenvalue weighted by Crippen LogP contribution is 2.50. The van der Waals surface area contributed by atoms with E-state index in [-0.39, 0.29) is 34.6 Å². The van der Waals surface area contributed by atoms with Gasteiger partial charge in [0, 0.05) is 41.3 Å². The fourth-order valence-electron chi connectivity index (χ4n) is 6.61. The Hall–Kier alpha value is -5.12. The Bertz CT molecular complexity index is 2020. The monoisotopic (exact) mass is 670 g/mol. The van der Waals surface area contributed by atoms with Gasteiger partial charge in [0.1, 0.15) is 64.3 Å². The van der Waals surface area contributed by atoms with Gasteiger partial charge in [-0.25, -0.2) is 0 Å². The quantitative estimate of drug-likeness (QED) is 0.212. The van der Waals surface area contributed by atoms with Crippen LogP contribution in [0.1, 0.15) is 66.4 Å². The van der Waals surface area contributed by atoms with E-state index in [1.165, 1.54) is 19.2 Å². The van der Waals surface area contributed by atoms with Gasteiger partial charge in [0.05, 0.1) is 32.8 Å². The van der Waals surface area contributed by atoms with Gasteiger partial charge in [0.15, 0.2) is 22.7 Å². The number of hydrogen-bond acceptors (Lipinski definition) is 10. The second-order valence-electron chi connectivity index (χ2n) is 13.1. The Morgan fingerprint density at radius 2 is 1.67 bits per heavy atom. The molecule has 0 fully saturated rings. The molecule has 0 aliphatic carbocycles. The van der Waals surface area contributed by atoms with Crippen molar-refractivity contribution in [2.75, 3.05) is 27.9 Å². The van der Waals surface area contributed by atoms with Gasteiger partial charge in [-0.1, -0.05) is 25.5 Å². The number of phenolic OH excluding ortho intramolecular Hbond substituents is 1. The molecule has 1 aromatic heterocycles. The highest BCUT2D eigenvalue weighted by molar-refractivity contribution is 6.06. The first kappa shape index (κ1) is 33.8. The fraction of sp³-hybridized carbons (Fsp3) is 0.385. The van der Waals surface area contributed by atoms with Crippen molar-refractivity contribution in [2.45, 2.75) is 65.6 Å². The van der Waals surface area contributed by atoms with Crippen LogP contribution in [-0.4, -0.2) is 51.0 Å². The maximum absolute atomic E-state index is 13.5. The third-order valence-electron chi connectivity index (χ3n) is 9.19. The number of ether oxygens (including phenoxy) is 6. The molecule has 258 valence electrons. The van der Waals surface area contributed by atoms with E-state index in [0.717, 1.165) is 34.4 Å². The van der Waals surface area contributed by atoms with Crippen molar-refractivity contribution in [2.24, 2.45) is 5.92 Å². The van der Waals surface area contributed by atoms with E-state index in [2.05, 4.69) is 13.8 Å². The number of methoxy groups -OCH3 is 3. The second-order valence-corrected chi connectivity index (χ2v) is 13.1. The zero-order chi connectivity index (χ0) is 35.1. The van der Waals surface area contributed by atoms with E-state index in [1.807, 2.05) is 38.1 Å². The van der Waals surface area contributed by atoms with Gasteiger partial charge in [-0.15, -0.1) is 0 Å². The summed E-state index contributed by atoms with van der Waals surface area (Å²) in [6, 6.07) is 10.2. The number of ketones is 1. The second kappa shape index (κ2) is 13.4. The Morgan fingerprint density at radius 1 is 0.959 bits per heavy atom. The zero-order valence-electron chi connectivity index (χ0n) is 29.1. The number of fused-ring (bicyclic) bond motifs is 7. The summed E-state index contributed by atoms with van der Waals surface area (Å²) in [6.45, 7) is 10.3. The van der Waals surface area contributed by atoms with Gasteiger partial charge < -0.3 is 37.9 Å². The number of rotatable bonds is 6.